The Labute approximate surface area is 98.5 Å². The average molecular weight is 231 g/mol. The van der Waals surface area contributed by atoms with Crippen LogP contribution in [0.1, 0.15) is 33.6 Å². The zero-order chi connectivity index (χ0) is 11.3. The van der Waals surface area contributed by atoms with Crippen LogP contribution in [0.15, 0.2) is 0 Å². The van der Waals surface area contributed by atoms with Crippen molar-refractivity contribution in [1.29, 1.82) is 0 Å². The van der Waals surface area contributed by atoms with E-state index >= 15 is 0 Å². The summed E-state index contributed by atoms with van der Waals surface area (Å²) in [5.74, 6) is 1.21. The molecule has 1 atom stereocenters. The molecule has 3 heteroatoms. The van der Waals surface area contributed by atoms with E-state index in [1.165, 1.54) is 18.6 Å². The lowest BCUT2D eigenvalue weighted by Gasteiger charge is -2.32. The van der Waals surface area contributed by atoms with Gasteiger partial charge >= 0.3 is 0 Å². The highest BCUT2D eigenvalue weighted by molar-refractivity contribution is 7.99. The molecule has 15 heavy (non-hydrogen) atoms. The van der Waals surface area contributed by atoms with Gasteiger partial charge in [-0.25, -0.2) is 0 Å². The van der Waals surface area contributed by atoms with Crippen LogP contribution in [0.3, 0.4) is 0 Å². The fraction of sp³-hybridized carbons (Fsp3) is 1.00. The fourth-order valence-corrected chi connectivity index (χ4v) is 3.50. The molecule has 90 valence electrons. The maximum absolute atomic E-state index is 5.37. The van der Waals surface area contributed by atoms with E-state index in [-0.39, 0.29) is 0 Å². The second-order valence-corrected chi connectivity index (χ2v) is 6.69. The van der Waals surface area contributed by atoms with Gasteiger partial charge in [-0.05, 0) is 25.3 Å². The van der Waals surface area contributed by atoms with Gasteiger partial charge in [-0.15, -0.1) is 0 Å². The molecule has 0 saturated carbocycles. The first-order valence-electron chi connectivity index (χ1n) is 5.90. The van der Waals surface area contributed by atoms with Gasteiger partial charge in [0.15, 0.2) is 0 Å². The zero-order valence-electron chi connectivity index (χ0n) is 10.5. The Bertz CT molecular complexity index is 173. The molecule has 0 aromatic carbocycles. The van der Waals surface area contributed by atoms with Crippen molar-refractivity contribution in [3.05, 3.63) is 0 Å². The molecule has 2 nitrogen and oxygen atoms in total. The lowest BCUT2D eigenvalue weighted by Crippen LogP contribution is -2.40. The van der Waals surface area contributed by atoms with Crippen molar-refractivity contribution in [2.45, 2.75) is 44.9 Å². The van der Waals surface area contributed by atoms with Crippen LogP contribution in [-0.2, 0) is 4.74 Å². The predicted molar refractivity (Wildman–Crippen MR) is 68.6 cm³/mol. The van der Waals surface area contributed by atoms with Gasteiger partial charge in [0.2, 0.25) is 0 Å². The fourth-order valence-electron chi connectivity index (χ4n) is 1.84. The summed E-state index contributed by atoms with van der Waals surface area (Å²) in [6, 6.07) is 0.602. The Morgan fingerprint density at radius 1 is 1.33 bits per heavy atom. The standard InChI is InChI=1S/C12H25NOS/c1-12(2,3)11(13-4)9-15-10-5-7-14-8-6-10/h10-11,13H,5-9H2,1-4H3. The molecule has 1 fully saturated rings. The van der Waals surface area contributed by atoms with Crippen molar-refractivity contribution in [2.75, 3.05) is 26.0 Å². The summed E-state index contributed by atoms with van der Waals surface area (Å²) in [5, 5.41) is 4.25. The monoisotopic (exact) mass is 231 g/mol. The van der Waals surface area contributed by atoms with Crippen molar-refractivity contribution in [3.63, 3.8) is 0 Å². The lowest BCUT2D eigenvalue weighted by atomic mass is 9.88. The quantitative estimate of drug-likeness (QED) is 0.803. The van der Waals surface area contributed by atoms with Crippen LogP contribution in [0.25, 0.3) is 0 Å². The summed E-state index contributed by atoms with van der Waals surface area (Å²) in [7, 11) is 2.07. The molecule has 1 heterocycles. The summed E-state index contributed by atoms with van der Waals surface area (Å²) in [5.41, 5.74) is 0.354. The Balaban J connectivity index is 2.27. The molecule has 1 aliphatic rings. The minimum atomic E-state index is 0.354. The first-order valence-corrected chi connectivity index (χ1v) is 6.95. The summed E-state index contributed by atoms with van der Waals surface area (Å²) in [6.07, 6.45) is 2.45. The Morgan fingerprint density at radius 2 is 1.93 bits per heavy atom. The van der Waals surface area contributed by atoms with Gasteiger partial charge in [0.25, 0.3) is 0 Å². The maximum atomic E-state index is 5.37. The van der Waals surface area contributed by atoms with Gasteiger partial charge in [-0.3, -0.25) is 0 Å². The van der Waals surface area contributed by atoms with Crippen LogP contribution < -0.4 is 5.32 Å². The highest BCUT2D eigenvalue weighted by atomic mass is 32.2. The van der Waals surface area contributed by atoms with Gasteiger partial charge in [0, 0.05) is 30.3 Å². The van der Waals surface area contributed by atoms with Gasteiger partial charge in [0.1, 0.15) is 0 Å². The van der Waals surface area contributed by atoms with E-state index in [0.29, 0.717) is 11.5 Å². The molecule has 0 spiro atoms. The third-order valence-electron chi connectivity index (χ3n) is 3.06. The molecule has 0 radical (unpaired) electrons. The lowest BCUT2D eigenvalue weighted by molar-refractivity contribution is 0.0999. The van der Waals surface area contributed by atoms with Crippen molar-refractivity contribution in [2.24, 2.45) is 5.41 Å². The maximum Gasteiger partial charge on any atom is 0.0476 e. The second kappa shape index (κ2) is 6.12. The smallest absolute Gasteiger partial charge is 0.0476 e. The number of ether oxygens (including phenoxy) is 1. The largest absolute Gasteiger partial charge is 0.381 e. The molecule has 1 rings (SSSR count). The summed E-state index contributed by atoms with van der Waals surface area (Å²) in [4.78, 5) is 0. The number of nitrogens with one attached hydrogen (secondary N) is 1. The molecule has 1 N–H and O–H groups in total. The van der Waals surface area contributed by atoms with Crippen LogP contribution in [-0.4, -0.2) is 37.3 Å². The van der Waals surface area contributed by atoms with Gasteiger partial charge in [-0.2, -0.15) is 11.8 Å². The van der Waals surface area contributed by atoms with Crippen LogP contribution in [0.4, 0.5) is 0 Å². The van der Waals surface area contributed by atoms with Gasteiger partial charge < -0.3 is 10.1 Å². The van der Waals surface area contributed by atoms with E-state index in [1.54, 1.807) is 0 Å². The van der Waals surface area contributed by atoms with E-state index < -0.39 is 0 Å². The highest BCUT2D eigenvalue weighted by Gasteiger charge is 2.24. The number of hydrogen-bond acceptors (Lipinski definition) is 3. The first-order chi connectivity index (χ1) is 7.04. The molecule has 0 aromatic heterocycles. The normalized spacial score (nSPS) is 21.6. The van der Waals surface area contributed by atoms with Crippen molar-refractivity contribution >= 4 is 11.8 Å². The van der Waals surface area contributed by atoms with E-state index in [4.69, 9.17) is 4.74 Å². The molecule has 0 bridgehead atoms. The number of thioether (sulfide) groups is 1. The summed E-state index contributed by atoms with van der Waals surface area (Å²) < 4.78 is 5.37. The van der Waals surface area contributed by atoms with Crippen LogP contribution in [0.2, 0.25) is 0 Å². The molecule has 0 aromatic rings. The average Bonchev–Trinajstić information content (AvgIpc) is 2.18. The van der Waals surface area contributed by atoms with E-state index in [1.807, 2.05) is 0 Å². The number of hydrogen-bond donors (Lipinski definition) is 1. The zero-order valence-corrected chi connectivity index (χ0v) is 11.3. The van der Waals surface area contributed by atoms with Crippen molar-refractivity contribution in [3.8, 4) is 0 Å². The number of rotatable bonds is 4. The Morgan fingerprint density at radius 3 is 2.40 bits per heavy atom. The Hall–Kier alpha value is 0.270. The molecule has 1 saturated heterocycles. The second-order valence-electron chi connectivity index (χ2n) is 5.35. The SMILES string of the molecule is CNC(CSC1CCOCC1)C(C)(C)C. The molecule has 0 aliphatic carbocycles. The van der Waals surface area contributed by atoms with Crippen LogP contribution in [0.5, 0.6) is 0 Å². The third-order valence-corrected chi connectivity index (χ3v) is 4.53. The third kappa shape index (κ3) is 4.75. The van der Waals surface area contributed by atoms with Gasteiger partial charge in [0.05, 0.1) is 0 Å². The topological polar surface area (TPSA) is 21.3 Å². The summed E-state index contributed by atoms with van der Waals surface area (Å²) >= 11 is 2.11. The van der Waals surface area contributed by atoms with E-state index in [2.05, 4.69) is 44.9 Å². The molecule has 0 amide bonds. The Kier molecular flexibility index (Phi) is 5.44. The van der Waals surface area contributed by atoms with Gasteiger partial charge in [-0.1, -0.05) is 20.8 Å². The van der Waals surface area contributed by atoms with E-state index in [9.17, 15) is 0 Å². The van der Waals surface area contributed by atoms with Crippen LogP contribution >= 0.6 is 11.8 Å². The summed E-state index contributed by atoms with van der Waals surface area (Å²) in [6.45, 7) is 8.82. The first kappa shape index (κ1) is 13.3. The predicted octanol–water partition coefficient (Wildman–Crippen LogP) is 2.53. The van der Waals surface area contributed by atoms with Crippen molar-refractivity contribution < 1.29 is 4.74 Å². The minimum absolute atomic E-state index is 0.354. The van der Waals surface area contributed by atoms with E-state index in [0.717, 1.165) is 18.5 Å². The minimum Gasteiger partial charge on any atom is -0.381 e. The van der Waals surface area contributed by atoms with Crippen LogP contribution in [0, 0.1) is 5.41 Å². The molecular formula is C12H25NOS. The molecule has 1 unspecified atom stereocenters. The highest BCUT2D eigenvalue weighted by Crippen LogP contribution is 2.27. The molecular weight excluding hydrogens is 206 g/mol. The molecule has 1 aliphatic heterocycles. The van der Waals surface area contributed by atoms with Crippen molar-refractivity contribution in [1.82, 2.24) is 5.32 Å².